The number of H-pyrrole nitrogens is 1. The number of imidazole rings is 1. The van der Waals surface area contributed by atoms with Gasteiger partial charge in [-0.05, 0) is 18.2 Å². The number of aromatic nitrogens is 2. The highest BCUT2D eigenvalue weighted by atomic mass is 32.2. The highest BCUT2D eigenvalue weighted by molar-refractivity contribution is 7.99. The van der Waals surface area contributed by atoms with E-state index in [-0.39, 0.29) is 23.0 Å². The van der Waals surface area contributed by atoms with Crippen molar-refractivity contribution in [1.29, 1.82) is 0 Å². The lowest BCUT2D eigenvalue weighted by molar-refractivity contribution is -0.384. The van der Waals surface area contributed by atoms with Gasteiger partial charge in [-0.3, -0.25) is 14.9 Å². The SMILES string of the molecule is COc1ccc([N+](=O)[O-])cc1NC(=O)CSc1nc2ccccc2[nH]1. The predicted molar refractivity (Wildman–Crippen MR) is 95.1 cm³/mol. The maximum Gasteiger partial charge on any atom is 0.271 e. The molecule has 9 heteroatoms. The van der Waals surface area contributed by atoms with Crippen molar-refractivity contribution in [3.05, 3.63) is 52.6 Å². The van der Waals surface area contributed by atoms with Gasteiger partial charge in [0.25, 0.3) is 5.69 Å². The van der Waals surface area contributed by atoms with Crippen molar-refractivity contribution in [2.24, 2.45) is 0 Å². The van der Waals surface area contributed by atoms with E-state index in [9.17, 15) is 14.9 Å². The van der Waals surface area contributed by atoms with Crippen LogP contribution in [0.5, 0.6) is 5.75 Å². The summed E-state index contributed by atoms with van der Waals surface area (Å²) in [5, 5.41) is 14.1. The molecule has 0 aliphatic rings. The van der Waals surface area contributed by atoms with Gasteiger partial charge in [-0.2, -0.15) is 0 Å². The number of amides is 1. The number of nitro benzene ring substituents is 1. The summed E-state index contributed by atoms with van der Waals surface area (Å²) in [5.41, 5.74) is 1.85. The molecular weight excluding hydrogens is 344 g/mol. The summed E-state index contributed by atoms with van der Waals surface area (Å²) in [7, 11) is 1.43. The van der Waals surface area contributed by atoms with Crippen LogP contribution in [0.25, 0.3) is 11.0 Å². The fraction of sp³-hybridized carbons (Fsp3) is 0.125. The maximum absolute atomic E-state index is 12.2. The molecule has 0 atom stereocenters. The summed E-state index contributed by atoms with van der Waals surface area (Å²) in [5.74, 6) is 0.142. The van der Waals surface area contributed by atoms with Crippen LogP contribution in [0, 0.1) is 10.1 Å². The van der Waals surface area contributed by atoms with Crippen molar-refractivity contribution in [3.8, 4) is 5.75 Å². The number of aromatic amines is 1. The van der Waals surface area contributed by atoms with Crippen LogP contribution < -0.4 is 10.1 Å². The van der Waals surface area contributed by atoms with Crippen LogP contribution in [0.4, 0.5) is 11.4 Å². The van der Waals surface area contributed by atoms with Gasteiger partial charge in [-0.1, -0.05) is 23.9 Å². The lowest BCUT2D eigenvalue weighted by Gasteiger charge is -2.09. The minimum absolute atomic E-state index is 0.103. The summed E-state index contributed by atoms with van der Waals surface area (Å²) in [6, 6.07) is 11.6. The zero-order valence-corrected chi connectivity index (χ0v) is 14.0. The minimum Gasteiger partial charge on any atom is -0.495 e. The van der Waals surface area contributed by atoms with Crippen LogP contribution in [0.2, 0.25) is 0 Å². The maximum atomic E-state index is 12.2. The molecule has 1 aromatic heterocycles. The standard InChI is InChI=1S/C16H14N4O4S/c1-24-14-7-6-10(20(22)23)8-13(14)17-15(21)9-25-16-18-11-4-2-3-5-12(11)19-16/h2-8H,9H2,1H3,(H,17,21)(H,18,19). The number of rotatable bonds is 6. The van der Waals surface area contributed by atoms with Gasteiger partial charge in [0.05, 0.1) is 34.5 Å². The van der Waals surface area contributed by atoms with E-state index >= 15 is 0 Å². The van der Waals surface area contributed by atoms with Crippen molar-refractivity contribution >= 4 is 40.1 Å². The van der Waals surface area contributed by atoms with Gasteiger partial charge >= 0.3 is 0 Å². The van der Waals surface area contributed by atoms with Crippen molar-refractivity contribution in [2.75, 3.05) is 18.2 Å². The Balaban J connectivity index is 1.67. The van der Waals surface area contributed by atoms with Gasteiger partial charge in [-0.15, -0.1) is 0 Å². The fourth-order valence-corrected chi connectivity index (χ4v) is 2.91. The van der Waals surface area contributed by atoms with E-state index < -0.39 is 4.92 Å². The molecule has 2 N–H and O–H groups in total. The summed E-state index contributed by atoms with van der Waals surface area (Å²) >= 11 is 1.24. The first-order chi connectivity index (χ1) is 12.1. The van der Waals surface area contributed by atoms with Crippen LogP contribution in [0.15, 0.2) is 47.6 Å². The average molecular weight is 358 g/mol. The second-order valence-corrected chi connectivity index (χ2v) is 6.00. The van der Waals surface area contributed by atoms with Gasteiger partial charge in [0.2, 0.25) is 5.91 Å². The molecule has 1 amide bonds. The molecule has 0 spiro atoms. The number of ether oxygens (including phenoxy) is 1. The molecule has 0 fully saturated rings. The van der Waals surface area contributed by atoms with Gasteiger partial charge in [0, 0.05) is 12.1 Å². The number of nitrogens with zero attached hydrogens (tertiary/aromatic N) is 2. The van der Waals surface area contributed by atoms with Gasteiger partial charge in [0.1, 0.15) is 5.75 Å². The third-order valence-corrected chi connectivity index (χ3v) is 4.25. The largest absolute Gasteiger partial charge is 0.495 e. The molecule has 0 unspecified atom stereocenters. The van der Waals surface area contributed by atoms with Crippen LogP contribution in [-0.2, 0) is 4.79 Å². The third-order valence-electron chi connectivity index (χ3n) is 3.38. The molecule has 3 rings (SSSR count). The number of carbonyl (C=O) groups is 1. The lowest BCUT2D eigenvalue weighted by Crippen LogP contribution is -2.15. The van der Waals surface area contributed by atoms with E-state index in [2.05, 4.69) is 15.3 Å². The highest BCUT2D eigenvalue weighted by Crippen LogP contribution is 2.29. The summed E-state index contributed by atoms with van der Waals surface area (Å²) in [6.45, 7) is 0. The zero-order valence-electron chi connectivity index (χ0n) is 13.2. The summed E-state index contributed by atoms with van der Waals surface area (Å²) in [6.07, 6.45) is 0. The summed E-state index contributed by atoms with van der Waals surface area (Å²) < 4.78 is 5.12. The smallest absolute Gasteiger partial charge is 0.271 e. The molecule has 0 aliphatic carbocycles. The van der Waals surface area contributed by atoms with Crippen molar-refractivity contribution < 1.29 is 14.5 Å². The minimum atomic E-state index is -0.530. The van der Waals surface area contributed by atoms with Crippen LogP contribution >= 0.6 is 11.8 Å². The molecule has 1 heterocycles. The third kappa shape index (κ3) is 3.89. The number of carbonyl (C=O) groups excluding carboxylic acids is 1. The number of methoxy groups -OCH3 is 1. The molecule has 0 radical (unpaired) electrons. The molecule has 0 saturated carbocycles. The molecule has 128 valence electrons. The molecular formula is C16H14N4O4S. The van der Waals surface area contributed by atoms with Crippen LogP contribution in [-0.4, -0.2) is 33.7 Å². The Morgan fingerprint density at radius 1 is 1.36 bits per heavy atom. The number of nitrogens with one attached hydrogen (secondary N) is 2. The Hall–Kier alpha value is -3.07. The number of nitro groups is 1. The molecule has 0 aliphatic heterocycles. The Labute approximate surface area is 146 Å². The summed E-state index contributed by atoms with van der Waals surface area (Å²) in [4.78, 5) is 30.0. The Kier molecular flexibility index (Phi) is 4.85. The first kappa shape index (κ1) is 16.8. The number of hydrogen-bond acceptors (Lipinski definition) is 6. The molecule has 25 heavy (non-hydrogen) atoms. The Morgan fingerprint density at radius 3 is 2.88 bits per heavy atom. The van der Waals surface area contributed by atoms with Crippen LogP contribution in [0.3, 0.4) is 0 Å². The number of thioether (sulfide) groups is 1. The monoisotopic (exact) mass is 358 g/mol. The first-order valence-electron chi connectivity index (χ1n) is 7.26. The van der Waals surface area contributed by atoms with Crippen molar-refractivity contribution in [1.82, 2.24) is 9.97 Å². The van der Waals surface area contributed by atoms with E-state index in [1.807, 2.05) is 24.3 Å². The molecule has 0 saturated heterocycles. The van der Waals surface area contributed by atoms with Crippen LogP contribution in [0.1, 0.15) is 0 Å². The number of fused-ring (bicyclic) bond motifs is 1. The molecule has 8 nitrogen and oxygen atoms in total. The van der Waals surface area contributed by atoms with Crippen molar-refractivity contribution in [3.63, 3.8) is 0 Å². The van der Waals surface area contributed by atoms with Crippen molar-refractivity contribution in [2.45, 2.75) is 5.16 Å². The second-order valence-electron chi connectivity index (χ2n) is 5.04. The average Bonchev–Trinajstić information content (AvgIpc) is 3.03. The Bertz CT molecular complexity index is 908. The number of non-ortho nitro benzene ring substituents is 1. The number of benzene rings is 2. The highest BCUT2D eigenvalue weighted by Gasteiger charge is 2.14. The van der Waals surface area contributed by atoms with E-state index in [0.717, 1.165) is 11.0 Å². The zero-order chi connectivity index (χ0) is 17.8. The fourth-order valence-electron chi connectivity index (χ4n) is 2.23. The van der Waals surface area contributed by atoms with E-state index in [0.29, 0.717) is 10.9 Å². The molecule has 2 aromatic carbocycles. The number of anilines is 1. The van der Waals surface area contributed by atoms with E-state index in [1.165, 1.54) is 37.1 Å². The van der Waals surface area contributed by atoms with Gasteiger partial charge in [-0.25, -0.2) is 4.98 Å². The molecule has 3 aromatic rings. The Morgan fingerprint density at radius 2 is 2.16 bits per heavy atom. The quantitative estimate of drug-likeness (QED) is 0.398. The van der Waals surface area contributed by atoms with Gasteiger partial charge < -0.3 is 15.0 Å². The topological polar surface area (TPSA) is 110 Å². The van der Waals surface area contributed by atoms with Gasteiger partial charge in [0.15, 0.2) is 5.16 Å². The first-order valence-corrected chi connectivity index (χ1v) is 8.25. The normalized spacial score (nSPS) is 10.6. The van der Waals surface area contributed by atoms with E-state index in [4.69, 9.17) is 4.74 Å². The lowest BCUT2D eigenvalue weighted by atomic mass is 10.2. The molecule has 0 bridgehead atoms. The van der Waals surface area contributed by atoms with E-state index in [1.54, 1.807) is 0 Å². The number of para-hydroxylation sites is 2. The number of hydrogen-bond donors (Lipinski definition) is 2. The second kappa shape index (κ2) is 7.22. The predicted octanol–water partition coefficient (Wildman–Crippen LogP) is 3.21.